The van der Waals surface area contributed by atoms with Gasteiger partial charge in [-0.2, -0.15) is 0 Å². The van der Waals surface area contributed by atoms with Crippen molar-refractivity contribution in [3.63, 3.8) is 0 Å². The lowest BCUT2D eigenvalue weighted by Gasteiger charge is -2.03. The zero-order valence-electron chi connectivity index (χ0n) is 8.27. The van der Waals surface area contributed by atoms with Gasteiger partial charge >= 0.3 is 11.9 Å². The average Bonchev–Trinajstić information content (AvgIpc) is 2.18. The molecule has 5 nitrogen and oxygen atoms in total. The summed E-state index contributed by atoms with van der Waals surface area (Å²) in [6.07, 6.45) is 1.33. The molecule has 80 valence electrons. The number of esters is 1. The highest BCUT2D eigenvalue weighted by Gasteiger charge is 2.14. The lowest BCUT2D eigenvalue weighted by atomic mass is 10.1. The Morgan fingerprint density at radius 1 is 1.53 bits per heavy atom. The van der Waals surface area contributed by atoms with Gasteiger partial charge in [-0.25, -0.2) is 4.79 Å². The Labute approximate surface area is 86.7 Å². The van der Waals surface area contributed by atoms with Gasteiger partial charge in [0.15, 0.2) is 0 Å². The first-order valence-electron chi connectivity index (χ1n) is 4.48. The number of hydrogen-bond donors (Lipinski definition) is 1. The van der Waals surface area contributed by atoms with E-state index >= 15 is 0 Å². The number of carboxylic acid groups (broad SMARTS) is 1. The number of carbonyl (C=O) groups excluding carboxylic acids is 1. The second kappa shape index (κ2) is 5.09. The standard InChI is InChI=1S/C10H11NO4/c1-2-15-9(12)6-8-7(10(13)14)4-3-5-11-8/h3-5H,2,6H2,1H3,(H,13,14). The molecule has 0 bridgehead atoms. The quantitative estimate of drug-likeness (QED) is 0.745. The number of carboxylic acids is 1. The van der Waals surface area contributed by atoms with Gasteiger partial charge in [-0.15, -0.1) is 0 Å². The van der Waals surface area contributed by atoms with Crippen LogP contribution in [0.2, 0.25) is 0 Å². The molecule has 0 aromatic carbocycles. The van der Waals surface area contributed by atoms with E-state index in [0.29, 0.717) is 0 Å². The molecule has 0 unspecified atom stereocenters. The van der Waals surface area contributed by atoms with E-state index in [4.69, 9.17) is 9.84 Å². The molecule has 1 N–H and O–H groups in total. The maximum absolute atomic E-state index is 11.1. The summed E-state index contributed by atoms with van der Waals surface area (Å²) < 4.78 is 4.71. The molecule has 0 saturated carbocycles. The zero-order valence-corrected chi connectivity index (χ0v) is 8.27. The molecule has 0 aliphatic rings. The molecule has 0 fully saturated rings. The van der Waals surface area contributed by atoms with Gasteiger partial charge in [0.05, 0.1) is 24.3 Å². The Morgan fingerprint density at radius 2 is 2.27 bits per heavy atom. The maximum atomic E-state index is 11.1. The summed E-state index contributed by atoms with van der Waals surface area (Å²) in [5.41, 5.74) is 0.258. The largest absolute Gasteiger partial charge is 0.478 e. The van der Waals surface area contributed by atoms with E-state index < -0.39 is 11.9 Å². The smallest absolute Gasteiger partial charge is 0.337 e. The molecule has 0 amide bonds. The van der Waals surface area contributed by atoms with E-state index in [1.54, 1.807) is 6.92 Å². The van der Waals surface area contributed by atoms with Gasteiger partial charge in [-0.3, -0.25) is 9.78 Å². The van der Waals surface area contributed by atoms with Crippen LogP contribution in [0.25, 0.3) is 0 Å². The summed E-state index contributed by atoms with van der Waals surface area (Å²) in [4.78, 5) is 25.7. The van der Waals surface area contributed by atoms with Crippen LogP contribution in [0.5, 0.6) is 0 Å². The van der Waals surface area contributed by atoms with Crippen LogP contribution >= 0.6 is 0 Å². The molecule has 15 heavy (non-hydrogen) atoms. The second-order valence-corrected chi connectivity index (χ2v) is 2.78. The van der Waals surface area contributed by atoms with Gasteiger partial charge in [0.1, 0.15) is 0 Å². The topological polar surface area (TPSA) is 76.5 Å². The van der Waals surface area contributed by atoms with Gasteiger partial charge in [0.25, 0.3) is 0 Å². The van der Waals surface area contributed by atoms with Crippen LogP contribution in [0.3, 0.4) is 0 Å². The zero-order chi connectivity index (χ0) is 11.3. The minimum Gasteiger partial charge on any atom is -0.478 e. The van der Waals surface area contributed by atoms with Crippen molar-refractivity contribution < 1.29 is 19.4 Å². The van der Waals surface area contributed by atoms with Crippen molar-refractivity contribution >= 4 is 11.9 Å². The van der Waals surface area contributed by atoms with Crippen molar-refractivity contribution in [2.45, 2.75) is 13.3 Å². The monoisotopic (exact) mass is 209 g/mol. The van der Waals surface area contributed by atoms with Crippen molar-refractivity contribution in [3.05, 3.63) is 29.6 Å². The van der Waals surface area contributed by atoms with Gasteiger partial charge in [0, 0.05) is 6.20 Å². The summed E-state index contributed by atoms with van der Waals surface area (Å²) in [5, 5.41) is 8.82. The average molecular weight is 209 g/mol. The highest BCUT2D eigenvalue weighted by molar-refractivity contribution is 5.90. The van der Waals surface area contributed by atoms with E-state index in [0.717, 1.165) is 0 Å². The number of rotatable bonds is 4. The summed E-state index contributed by atoms with van der Waals surface area (Å²) in [6, 6.07) is 2.92. The molecule has 0 radical (unpaired) electrons. The minimum atomic E-state index is -1.10. The second-order valence-electron chi connectivity index (χ2n) is 2.78. The fraction of sp³-hybridized carbons (Fsp3) is 0.300. The number of hydrogen-bond acceptors (Lipinski definition) is 4. The first-order chi connectivity index (χ1) is 7.15. The summed E-state index contributed by atoms with van der Waals surface area (Å²) in [5.74, 6) is -1.57. The third-order valence-corrected chi connectivity index (χ3v) is 1.74. The van der Waals surface area contributed by atoms with E-state index in [9.17, 15) is 9.59 Å². The molecule has 1 heterocycles. The van der Waals surface area contributed by atoms with Gasteiger partial charge in [-0.05, 0) is 19.1 Å². The van der Waals surface area contributed by atoms with Crippen LogP contribution < -0.4 is 0 Å². The first-order valence-corrected chi connectivity index (χ1v) is 4.48. The Morgan fingerprint density at radius 3 is 2.87 bits per heavy atom. The van der Waals surface area contributed by atoms with Crippen molar-refractivity contribution in [1.82, 2.24) is 4.98 Å². The van der Waals surface area contributed by atoms with Crippen LogP contribution in [0.15, 0.2) is 18.3 Å². The number of pyridine rings is 1. The number of aromatic carboxylic acids is 1. The highest BCUT2D eigenvalue weighted by atomic mass is 16.5. The first kappa shape index (κ1) is 11.2. The Balaban J connectivity index is 2.84. The van der Waals surface area contributed by atoms with Crippen LogP contribution in [0, 0.1) is 0 Å². The summed E-state index contributed by atoms with van der Waals surface area (Å²) in [6.45, 7) is 1.96. The van der Waals surface area contributed by atoms with Gasteiger partial charge in [0.2, 0.25) is 0 Å². The molecule has 5 heteroatoms. The number of nitrogens with zero attached hydrogens (tertiary/aromatic N) is 1. The SMILES string of the molecule is CCOC(=O)Cc1ncccc1C(=O)O. The molecule has 0 aliphatic carbocycles. The Bertz CT molecular complexity index is 375. The van der Waals surface area contributed by atoms with Crippen LogP contribution in [-0.4, -0.2) is 28.6 Å². The molecule has 0 saturated heterocycles. The van der Waals surface area contributed by atoms with Gasteiger partial charge < -0.3 is 9.84 Å². The fourth-order valence-corrected chi connectivity index (χ4v) is 1.12. The third kappa shape index (κ3) is 3.05. The minimum absolute atomic E-state index is 0.0329. The molecule has 0 spiro atoms. The molecule has 1 rings (SSSR count). The van der Waals surface area contributed by atoms with Crippen molar-refractivity contribution in [3.8, 4) is 0 Å². The van der Waals surface area contributed by atoms with E-state index in [1.807, 2.05) is 0 Å². The predicted octanol–water partition coefficient (Wildman–Crippen LogP) is 0.885. The summed E-state index contributed by atoms with van der Waals surface area (Å²) >= 11 is 0. The predicted molar refractivity (Wildman–Crippen MR) is 51.5 cm³/mol. The maximum Gasteiger partial charge on any atom is 0.337 e. The molecule has 0 aliphatic heterocycles. The molecular weight excluding hydrogens is 198 g/mol. The molecule has 0 atom stereocenters. The third-order valence-electron chi connectivity index (χ3n) is 1.74. The number of ether oxygens (including phenoxy) is 1. The van der Waals surface area contributed by atoms with Crippen LogP contribution in [-0.2, 0) is 16.0 Å². The molecule has 1 aromatic rings. The van der Waals surface area contributed by atoms with Crippen molar-refractivity contribution in [2.75, 3.05) is 6.61 Å². The van der Waals surface area contributed by atoms with Crippen molar-refractivity contribution in [2.24, 2.45) is 0 Å². The van der Waals surface area contributed by atoms with E-state index in [-0.39, 0.29) is 24.3 Å². The van der Waals surface area contributed by atoms with Crippen LogP contribution in [0.4, 0.5) is 0 Å². The lowest BCUT2D eigenvalue weighted by molar-refractivity contribution is -0.142. The fourth-order valence-electron chi connectivity index (χ4n) is 1.12. The van der Waals surface area contributed by atoms with Gasteiger partial charge in [-0.1, -0.05) is 0 Å². The van der Waals surface area contributed by atoms with Crippen LogP contribution in [0.1, 0.15) is 23.0 Å². The lowest BCUT2D eigenvalue weighted by Crippen LogP contribution is -2.12. The number of carbonyl (C=O) groups is 2. The molecule has 1 aromatic heterocycles. The van der Waals surface area contributed by atoms with E-state index in [1.165, 1.54) is 18.3 Å². The summed E-state index contributed by atoms with van der Waals surface area (Å²) in [7, 11) is 0. The highest BCUT2D eigenvalue weighted by Crippen LogP contribution is 2.06. The van der Waals surface area contributed by atoms with Crippen molar-refractivity contribution in [1.29, 1.82) is 0 Å². The number of aromatic nitrogens is 1. The molecular formula is C10H11NO4. The normalized spacial score (nSPS) is 9.67. The Hall–Kier alpha value is -1.91. The Kier molecular flexibility index (Phi) is 3.79. The van der Waals surface area contributed by atoms with E-state index in [2.05, 4.69) is 4.98 Å².